The Kier molecular flexibility index (Phi) is 6.43. The Labute approximate surface area is 172 Å². The van der Waals surface area contributed by atoms with Gasteiger partial charge < -0.3 is 15.0 Å². The molecule has 2 heterocycles. The van der Waals surface area contributed by atoms with Crippen molar-refractivity contribution in [3.63, 3.8) is 0 Å². The van der Waals surface area contributed by atoms with Gasteiger partial charge in [0, 0.05) is 17.8 Å². The number of ether oxygens (including phenoxy) is 1. The van der Waals surface area contributed by atoms with Crippen LogP contribution in [-0.4, -0.2) is 47.2 Å². The van der Waals surface area contributed by atoms with Crippen molar-refractivity contribution in [2.75, 3.05) is 11.9 Å². The molecule has 1 aliphatic heterocycles. The third-order valence-corrected chi connectivity index (χ3v) is 5.60. The number of nitrogens with one attached hydrogen (secondary N) is 1. The van der Waals surface area contributed by atoms with Gasteiger partial charge in [-0.1, -0.05) is 6.07 Å². The Morgan fingerprint density at radius 1 is 1.17 bits per heavy atom. The summed E-state index contributed by atoms with van der Waals surface area (Å²) in [6.07, 6.45) is 0.200. The molecule has 3 rings (SSSR count). The number of esters is 1. The van der Waals surface area contributed by atoms with E-state index in [0.29, 0.717) is 35.5 Å². The number of ketones is 1. The number of nitrogens with zero attached hydrogens (tertiary/aromatic N) is 1. The molecule has 7 nitrogen and oxygen atoms in total. The number of anilines is 1. The first-order chi connectivity index (χ1) is 13.9. The van der Waals surface area contributed by atoms with Gasteiger partial charge in [0.05, 0.1) is 4.88 Å². The molecule has 1 fully saturated rings. The van der Waals surface area contributed by atoms with Crippen molar-refractivity contribution >= 4 is 40.6 Å². The van der Waals surface area contributed by atoms with Gasteiger partial charge in [-0.05, 0) is 62.4 Å². The summed E-state index contributed by atoms with van der Waals surface area (Å²) in [5, 5.41) is 4.47. The number of carbonyl (C=O) groups excluding carboxylic acids is 4. The summed E-state index contributed by atoms with van der Waals surface area (Å²) >= 11 is 1.33. The molecule has 1 N–H and O–H groups in total. The fourth-order valence-electron chi connectivity index (χ4n) is 3.14. The molecule has 0 saturated carbocycles. The Hall–Kier alpha value is -3.00. The van der Waals surface area contributed by atoms with E-state index in [2.05, 4.69) is 5.32 Å². The summed E-state index contributed by atoms with van der Waals surface area (Å²) in [7, 11) is 0. The minimum Gasteiger partial charge on any atom is -0.451 e. The van der Waals surface area contributed by atoms with Gasteiger partial charge in [-0.25, -0.2) is 4.79 Å². The van der Waals surface area contributed by atoms with Crippen molar-refractivity contribution in [2.45, 2.75) is 38.8 Å². The SMILES string of the molecule is CC(=O)c1ccc(NC(=O)[C@@H](C)OC(=O)[C@@H]2CCCN2C(=O)c2cccs2)cc1. The number of carbonyl (C=O) groups is 4. The second-order valence-electron chi connectivity index (χ2n) is 6.84. The maximum absolute atomic E-state index is 12.6. The van der Waals surface area contributed by atoms with Crippen LogP contribution in [0.2, 0.25) is 0 Å². The summed E-state index contributed by atoms with van der Waals surface area (Å²) in [5.74, 6) is -1.32. The molecule has 1 aliphatic rings. The number of benzene rings is 1. The molecule has 0 unspecified atom stereocenters. The van der Waals surface area contributed by atoms with E-state index >= 15 is 0 Å². The van der Waals surface area contributed by atoms with Gasteiger partial charge in [-0.2, -0.15) is 0 Å². The largest absolute Gasteiger partial charge is 0.451 e. The van der Waals surface area contributed by atoms with Crippen LogP contribution in [0.3, 0.4) is 0 Å². The molecule has 1 aromatic heterocycles. The molecule has 152 valence electrons. The molecule has 2 amide bonds. The summed E-state index contributed by atoms with van der Waals surface area (Å²) < 4.78 is 5.33. The predicted molar refractivity (Wildman–Crippen MR) is 109 cm³/mol. The standard InChI is InChI=1S/C21H22N2O5S/c1-13(24)15-7-9-16(10-8-15)22-19(25)14(2)28-21(27)17-5-3-11-23(17)20(26)18-6-4-12-29-18/h4,6-10,12,14,17H,3,5,11H2,1-2H3,(H,22,25)/t14-,17+/m1/s1. The van der Waals surface area contributed by atoms with Crippen LogP contribution < -0.4 is 5.32 Å². The molecular formula is C21H22N2O5S. The number of rotatable bonds is 6. The lowest BCUT2D eigenvalue weighted by Crippen LogP contribution is -2.43. The molecule has 0 spiro atoms. The van der Waals surface area contributed by atoms with Gasteiger partial charge in [0.1, 0.15) is 6.04 Å². The van der Waals surface area contributed by atoms with Crippen LogP contribution in [0.5, 0.6) is 0 Å². The average Bonchev–Trinajstić information content (AvgIpc) is 3.39. The van der Waals surface area contributed by atoms with Crippen LogP contribution in [0.1, 0.15) is 46.7 Å². The van der Waals surface area contributed by atoms with Crippen LogP contribution >= 0.6 is 11.3 Å². The first-order valence-corrected chi connectivity index (χ1v) is 10.2. The minimum atomic E-state index is -1.02. The van der Waals surface area contributed by atoms with E-state index in [-0.39, 0.29) is 11.7 Å². The normalized spacial score (nSPS) is 16.9. The summed E-state index contributed by atoms with van der Waals surface area (Å²) in [4.78, 5) is 50.9. The monoisotopic (exact) mass is 414 g/mol. The fourth-order valence-corrected chi connectivity index (χ4v) is 3.81. The molecule has 0 bridgehead atoms. The Morgan fingerprint density at radius 3 is 2.52 bits per heavy atom. The predicted octanol–water partition coefficient (Wildman–Crippen LogP) is 3.13. The summed E-state index contributed by atoms with van der Waals surface area (Å²) in [6, 6.07) is 9.28. The lowest BCUT2D eigenvalue weighted by Gasteiger charge is -2.24. The van der Waals surface area contributed by atoms with Crippen molar-refractivity contribution in [1.29, 1.82) is 0 Å². The van der Waals surface area contributed by atoms with Gasteiger partial charge in [0.15, 0.2) is 11.9 Å². The number of Topliss-reactive ketones (excluding diaryl/α,β-unsaturated/α-hetero) is 1. The molecule has 2 aromatic rings. The molecule has 0 radical (unpaired) electrons. The summed E-state index contributed by atoms with van der Waals surface area (Å²) in [6.45, 7) is 3.43. The third-order valence-electron chi connectivity index (χ3n) is 4.74. The van der Waals surface area contributed by atoms with Gasteiger partial charge in [0.2, 0.25) is 0 Å². The highest BCUT2D eigenvalue weighted by molar-refractivity contribution is 7.12. The van der Waals surface area contributed by atoms with E-state index < -0.39 is 24.0 Å². The van der Waals surface area contributed by atoms with Crippen LogP contribution in [0.4, 0.5) is 5.69 Å². The highest BCUT2D eigenvalue weighted by Crippen LogP contribution is 2.23. The van der Waals surface area contributed by atoms with E-state index in [4.69, 9.17) is 4.74 Å². The lowest BCUT2D eigenvalue weighted by molar-refractivity contribution is -0.156. The van der Waals surface area contributed by atoms with Crippen LogP contribution in [0.25, 0.3) is 0 Å². The number of hydrogen-bond donors (Lipinski definition) is 1. The molecular weight excluding hydrogens is 392 g/mol. The maximum Gasteiger partial charge on any atom is 0.329 e. The highest BCUT2D eigenvalue weighted by atomic mass is 32.1. The van der Waals surface area contributed by atoms with Gasteiger partial charge in [-0.15, -0.1) is 11.3 Å². The van der Waals surface area contributed by atoms with E-state index in [9.17, 15) is 19.2 Å². The number of likely N-dealkylation sites (tertiary alicyclic amines) is 1. The van der Waals surface area contributed by atoms with Gasteiger partial charge >= 0.3 is 5.97 Å². The second kappa shape index (κ2) is 9.00. The Balaban J connectivity index is 1.58. The smallest absolute Gasteiger partial charge is 0.329 e. The van der Waals surface area contributed by atoms with Crippen molar-refractivity contribution in [3.05, 3.63) is 52.2 Å². The Morgan fingerprint density at radius 2 is 1.90 bits per heavy atom. The molecule has 2 atom stereocenters. The Bertz CT molecular complexity index is 908. The molecule has 0 aliphatic carbocycles. The van der Waals surface area contributed by atoms with E-state index in [1.54, 1.807) is 36.4 Å². The zero-order chi connectivity index (χ0) is 21.0. The average molecular weight is 414 g/mol. The van der Waals surface area contributed by atoms with Crippen molar-refractivity contribution in [2.24, 2.45) is 0 Å². The fraction of sp³-hybridized carbons (Fsp3) is 0.333. The molecule has 29 heavy (non-hydrogen) atoms. The first-order valence-electron chi connectivity index (χ1n) is 9.33. The zero-order valence-electron chi connectivity index (χ0n) is 16.2. The maximum atomic E-state index is 12.6. The number of hydrogen-bond acceptors (Lipinski definition) is 6. The van der Waals surface area contributed by atoms with Crippen LogP contribution in [0.15, 0.2) is 41.8 Å². The van der Waals surface area contributed by atoms with Crippen molar-refractivity contribution in [1.82, 2.24) is 4.90 Å². The van der Waals surface area contributed by atoms with Crippen LogP contribution in [-0.2, 0) is 14.3 Å². The van der Waals surface area contributed by atoms with Gasteiger partial charge in [-0.3, -0.25) is 14.4 Å². The van der Waals surface area contributed by atoms with Crippen LogP contribution in [0, 0.1) is 0 Å². The van der Waals surface area contributed by atoms with E-state index in [1.807, 2.05) is 5.38 Å². The molecule has 1 saturated heterocycles. The van der Waals surface area contributed by atoms with E-state index in [1.165, 1.54) is 30.1 Å². The van der Waals surface area contributed by atoms with Gasteiger partial charge in [0.25, 0.3) is 11.8 Å². The topological polar surface area (TPSA) is 92.8 Å². The number of thiophene rings is 1. The van der Waals surface area contributed by atoms with Crippen molar-refractivity contribution in [3.8, 4) is 0 Å². The van der Waals surface area contributed by atoms with Crippen molar-refractivity contribution < 1.29 is 23.9 Å². The zero-order valence-corrected chi connectivity index (χ0v) is 17.0. The number of amides is 2. The summed E-state index contributed by atoms with van der Waals surface area (Å²) in [5.41, 5.74) is 1.04. The highest BCUT2D eigenvalue weighted by Gasteiger charge is 2.37. The third kappa shape index (κ3) is 4.89. The minimum absolute atomic E-state index is 0.0663. The van der Waals surface area contributed by atoms with E-state index in [0.717, 1.165) is 0 Å². The second-order valence-corrected chi connectivity index (χ2v) is 7.78. The first kappa shape index (κ1) is 20.7. The lowest BCUT2D eigenvalue weighted by atomic mass is 10.1. The molecule has 1 aromatic carbocycles. The quantitative estimate of drug-likeness (QED) is 0.579. The molecule has 8 heteroatoms.